The van der Waals surface area contributed by atoms with Crippen molar-refractivity contribution in [2.24, 2.45) is 0 Å². The maximum Gasteiger partial charge on any atom is 0.0352 e. The smallest absolute Gasteiger partial charge is 0.0352 e. The Bertz CT molecular complexity index is 224. The topological polar surface area (TPSA) is 26.0 Å². The van der Waals surface area contributed by atoms with Crippen molar-refractivity contribution >= 4 is 5.69 Å². The van der Waals surface area contributed by atoms with Gasteiger partial charge in [0.05, 0.1) is 0 Å². The van der Waals surface area contributed by atoms with Crippen molar-refractivity contribution in [3.05, 3.63) is 28.8 Å². The van der Waals surface area contributed by atoms with Gasteiger partial charge in [-0.1, -0.05) is 0 Å². The van der Waals surface area contributed by atoms with Crippen LogP contribution in [0.5, 0.6) is 0 Å². The van der Waals surface area contributed by atoms with Crippen LogP contribution in [-0.4, -0.2) is 0 Å². The van der Waals surface area contributed by atoms with Gasteiger partial charge in [0.15, 0.2) is 0 Å². The van der Waals surface area contributed by atoms with E-state index in [4.69, 9.17) is 5.73 Å². The fourth-order valence-corrected chi connectivity index (χ4v) is 0.900. The predicted molar refractivity (Wildman–Crippen MR) is 43.9 cm³/mol. The van der Waals surface area contributed by atoms with Gasteiger partial charge in [-0.2, -0.15) is 0 Å². The van der Waals surface area contributed by atoms with Gasteiger partial charge in [-0.15, -0.1) is 0 Å². The Hall–Kier alpha value is -0.980. The van der Waals surface area contributed by atoms with Crippen LogP contribution < -0.4 is 5.73 Å². The highest BCUT2D eigenvalue weighted by Gasteiger charge is 1.98. The van der Waals surface area contributed by atoms with Crippen molar-refractivity contribution in [2.45, 2.75) is 20.8 Å². The van der Waals surface area contributed by atoms with Gasteiger partial charge in [0.1, 0.15) is 0 Å². The fourth-order valence-electron chi connectivity index (χ4n) is 0.900. The number of anilines is 1. The molecule has 10 heavy (non-hydrogen) atoms. The molecule has 1 aromatic carbocycles. The van der Waals surface area contributed by atoms with E-state index in [2.05, 4.69) is 13.0 Å². The lowest BCUT2D eigenvalue weighted by Gasteiger charge is -2.05. The first kappa shape index (κ1) is 7.13. The molecule has 1 aromatic rings. The monoisotopic (exact) mass is 134 g/mol. The summed E-state index contributed by atoms with van der Waals surface area (Å²) in [4.78, 5) is 0. The molecule has 0 spiro atoms. The molecule has 1 radical (unpaired) electrons. The number of nitrogens with two attached hydrogens (primary N) is 1. The molecule has 0 aliphatic heterocycles. The van der Waals surface area contributed by atoms with E-state index in [1.54, 1.807) is 0 Å². The van der Waals surface area contributed by atoms with Gasteiger partial charge in [0.2, 0.25) is 0 Å². The second-order valence-corrected chi connectivity index (χ2v) is 2.62. The van der Waals surface area contributed by atoms with Crippen molar-refractivity contribution in [3.63, 3.8) is 0 Å². The van der Waals surface area contributed by atoms with E-state index in [9.17, 15) is 0 Å². The minimum absolute atomic E-state index is 0.836. The minimum atomic E-state index is 0.836. The van der Waals surface area contributed by atoms with Crippen LogP contribution in [0.1, 0.15) is 16.7 Å². The van der Waals surface area contributed by atoms with Crippen LogP contribution in [0.25, 0.3) is 0 Å². The van der Waals surface area contributed by atoms with E-state index in [1.807, 2.05) is 19.9 Å². The minimum Gasteiger partial charge on any atom is -0.398 e. The first-order chi connectivity index (χ1) is 4.63. The lowest BCUT2D eigenvalue weighted by molar-refractivity contribution is 1.27. The number of nitrogen functional groups attached to an aromatic ring is 1. The summed E-state index contributed by atoms with van der Waals surface area (Å²) in [5.41, 5.74) is 10.1. The maximum absolute atomic E-state index is 5.66. The molecule has 1 rings (SSSR count). The van der Waals surface area contributed by atoms with Crippen LogP contribution in [-0.2, 0) is 0 Å². The highest BCUT2D eigenvalue weighted by molar-refractivity contribution is 5.51. The third-order valence-electron chi connectivity index (χ3n) is 2.00. The van der Waals surface area contributed by atoms with E-state index >= 15 is 0 Å². The number of aryl methyl sites for hydroxylation is 1. The van der Waals surface area contributed by atoms with Crippen LogP contribution in [0.15, 0.2) is 6.07 Å². The number of rotatable bonds is 0. The van der Waals surface area contributed by atoms with Gasteiger partial charge in [0.25, 0.3) is 0 Å². The van der Waals surface area contributed by atoms with Gasteiger partial charge >= 0.3 is 0 Å². The zero-order valence-electron chi connectivity index (χ0n) is 6.65. The molecule has 0 atom stereocenters. The van der Waals surface area contributed by atoms with Gasteiger partial charge in [-0.25, -0.2) is 0 Å². The van der Waals surface area contributed by atoms with Crippen LogP contribution in [0.3, 0.4) is 0 Å². The molecule has 0 amide bonds. The van der Waals surface area contributed by atoms with Crippen molar-refractivity contribution < 1.29 is 0 Å². The predicted octanol–water partition coefficient (Wildman–Crippen LogP) is 1.99. The second-order valence-electron chi connectivity index (χ2n) is 2.62. The molecular formula is C9H12N. The molecule has 0 heterocycles. The SMILES string of the molecule is Cc1[c]cc(N)c(C)c1C. The van der Waals surface area contributed by atoms with E-state index in [0.29, 0.717) is 0 Å². The van der Waals surface area contributed by atoms with E-state index < -0.39 is 0 Å². The molecule has 0 bridgehead atoms. The first-order valence-corrected chi connectivity index (χ1v) is 3.37. The zero-order valence-corrected chi connectivity index (χ0v) is 6.65. The molecule has 2 N–H and O–H groups in total. The summed E-state index contributed by atoms with van der Waals surface area (Å²) in [7, 11) is 0. The molecule has 0 fully saturated rings. The molecule has 0 aliphatic rings. The summed E-state index contributed by atoms with van der Waals surface area (Å²) >= 11 is 0. The maximum atomic E-state index is 5.66. The quantitative estimate of drug-likeness (QED) is 0.539. The summed E-state index contributed by atoms with van der Waals surface area (Å²) in [6, 6.07) is 4.91. The lowest BCUT2D eigenvalue weighted by Crippen LogP contribution is -1.93. The summed E-state index contributed by atoms with van der Waals surface area (Å²) < 4.78 is 0. The number of benzene rings is 1. The Labute approximate surface area is 61.9 Å². The molecule has 1 nitrogen and oxygen atoms in total. The third-order valence-corrected chi connectivity index (χ3v) is 2.00. The highest BCUT2D eigenvalue weighted by Crippen LogP contribution is 2.17. The molecule has 53 valence electrons. The van der Waals surface area contributed by atoms with Gasteiger partial charge in [0, 0.05) is 5.69 Å². The average molecular weight is 134 g/mol. The fraction of sp³-hybridized carbons (Fsp3) is 0.333. The van der Waals surface area contributed by atoms with Gasteiger partial charge in [-0.3, -0.25) is 0 Å². The van der Waals surface area contributed by atoms with Crippen molar-refractivity contribution in [2.75, 3.05) is 5.73 Å². The lowest BCUT2D eigenvalue weighted by atomic mass is 10.0. The Kier molecular flexibility index (Phi) is 1.66. The Morgan fingerprint density at radius 2 is 1.80 bits per heavy atom. The average Bonchev–Trinajstić information content (AvgIpc) is 1.93. The van der Waals surface area contributed by atoms with Gasteiger partial charge in [-0.05, 0) is 49.6 Å². The highest BCUT2D eigenvalue weighted by atomic mass is 14.6. The van der Waals surface area contributed by atoms with Gasteiger partial charge < -0.3 is 5.73 Å². The zero-order chi connectivity index (χ0) is 7.72. The molecule has 1 heteroatoms. The molecule has 0 saturated heterocycles. The normalized spacial score (nSPS) is 9.90. The Balaban J connectivity index is 3.34. The standard InChI is InChI=1S/C9H12N/c1-6-4-5-9(10)8(3)7(6)2/h5H,10H2,1-3H3. The summed E-state index contributed by atoms with van der Waals surface area (Å²) in [5.74, 6) is 0. The molecule has 0 aromatic heterocycles. The Morgan fingerprint density at radius 1 is 1.20 bits per heavy atom. The van der Waals surface area contributed by atoms with E-state index in [-0.39, 0.29) is 0 Å². The van der Waals surface area contributed by atoms with Crippen LogP contribution in [0, 0.1) is 26.8 Å². The summed E-state index contributed by atoms with van der Waals surface area (Å²) in [5, 5.41) is 0. The number of hydrogen-bond donors (Lipinski definition) is 1. The van der Waals surface area contributed by atoms with Crippen LogP contribution in [0.4, 0.5) is 5.69 Å². The van der Waals surface area contributed by atoms with Crippen molar-refractivity contribution in [3.8, 4) is 0 Å². The van der Waals surface area contributed by atoms with Crippen molar-refractivity contribution in [1.29, 1.82) is 0 Å². The molecule has 0 unspecified atom stereocenters. The molecule has 0 aliphatic carbocycles. The van der Waals surface area contributed by atoms with E-state index in [0.717, 1.165) is 5.69 Å². The van der Waals surface area contributed by atoms with E-state index in [1.165, 1.54) is 16.7 Å². The second kappa shape index (κ2) is 2.33. The first-order valence-electron chi connectivity index (χ1n) is 3.37. The third kappa shape index (κ3) is 0.991. The number of hydrogen-bond acceptors (Lipinski definition) is 1. The van der Waals surface area contributed by atoms with Crippen LogP contribution >= 0.6 is 0 Å². The molecular weight excluding hydrogens is 122 g/mol. The Morgan fingerprint density at radius 3 is 2.30 bits per heavy atom. The summed E-state index contributed by atoms with van der Waals surface area (Å²) in [6.07, 6.45) is 0. The molecule has 0 saturated carbocycles. The van der Waals surface area contributed by atoms with Crippen LogP contribution in [0.2, 0.25) is 0 Å². The van der Waals surface area contributed by atoms with Crippen molar-refractivity contribution in [1.82, 2.24) is 0 Å². The summed E-state index contributed by atoms with van der Waals surface area (Å²) in [6.45, 7) is 6.14. The largest absolute Gasteiger partial charge is 0.398 e.